The van der Waals surface area contributed by atoms with Gasteiger partial charge in [-0.25, -0.2) is 0 Å². The fourth-order valence-corrected chi connectivity index (χ4v) is 2.40. The van der Waals surface area contributed by atoms with Gasteiger partial charge in [0, 0.05) is 24.2 Å². The van der Waals surface area contributed by atoms with Crippen LogP contribution in [-0.2, 0) is 6.54 Å². The second-order valence-electron chi connectivity index (χ2n) is 5.89. The lowest BCUT2D eigenvalue weighted by Crippen LogP contribution is -2.27. The van der Waals surface area contributed by atoms with E-state index in [1.165, 1.54) is 5.56 Å². The minimum Gasteiger partial charge on any atom is -0.392 e. The van der Waals surface area contributed by atoms with Crippen molar-refractivity contribution in [3.63, 3.8) is 0 Å². The van der Waals surface area contributed by atoms with Crippen molar-refractivity contribution in [1.29, 1.82) is 0 Å². The van der Waals surface area contributed by atoms with Gasteiger partial charge in [-0.1, -0.05) is 26.0 Å². The van der Waals surface area contributed by atoms with Crippen LogP contribution in [0.1, 0.15) is 31.5 Å². The number of nitrogens with one attached hydrogen (secondary N) is 1. The molecule has 0 amide bonds. The molecule has 3 nitrogen and oxygen atoms in total. The van der Waals surface area contributed by atoms with E-state index in [-0.39, 0.29) is 6.10 Å². The fraction of sp³-hybridized carbons (Fsp3) is 0.471. The molecule has 1 aromatic heterocycles. The molecule has 0 spiro atoms. The van der Waals surface area contributed by atoms with Crippen molar-refractivity contribution in [2.45, 2.75) is 39.8 Å². The highest BCUT2D eigenvalue weighted by Crippen LogP contribution is 2.14. The first-order chi connectivity index (χ1) is 9.54. The Morgan fingerprint density at radius 1 is 1.20 bits per heavy atom. The summed E-state index contributed by atoms with van der Waals surface area (Å²) >= 11 is 0. The molecule has 0 aliphatic carbocycles. The van der Waals surface area contributed by atoms with Crippen molar-refractivity contribution >= 4 is 10.9 Å². The molecule has 1 heterocycles. The van der Waals surface area contributed by atoms with E-state index in [9.17, 15) is 5.11 Å². The topological polar surface area (TPSA) is 45.1 Å². The number of rotatable bonds is 6. The maximum Gasteiger partial charge on any atom is 0.0705 e. The zero-order valence-electron chi connectivity index (χ0n) is 12.6. The highest BCUT2D eigenvalue weighted by atomic mass is 16.3. The van der Waals surface area contributed by atoms with Gasteiger partial charge < -0.3 is 10.4 Å². The van der Waals surface area contributed by atoms with Crippen LogP contribution in [0, 0.1) is 12.8 Å². The molecule has 0 aliphatic rings. The molecule has 0 saturated heterocycles. The molecular weight excluding hydrogens is 248 g/mol. The van der Waals surface area contributed by atoms with Crippen molar-refractivity contribution in [1.82, 2.24) is 10.3 Å². The van der Waals surface area contributed by atoms with Crippen molar-refractivity contribution in [2.24, 2.45) is 5.92 Å². The largest absolute Gasteiger partial charge is 0.392 e. The number of aliphatic hydroxyl groups excluding tert-OH is 1. The number of aromatic nitrogens is 1. The van der Waals surface area contributed by atoms with Gasteiger partial charge in [0.15, 0.2) is 0 Å². The van der Waals surface area contributed by atoms with Crippen molar-refractivity contribution in [3.8, 4) is 0 Å². The lowest BCUT2D eigenvalue weighted by atomic mass is 10.1. The van der Waals surface area contributed by atoms with Gasteiger partial charge in [0.05, 0.1) is 11.6 Å². The molecule has 2 N–H and O–H groups in total. The molecule has 0 saturated carbocycles. The molecular formula is C17H24N2O. The number of nitrogens with zero attached hydrogens (tertiary/aromatic N) is 1. The van der Waals surface area contributed by atoms with Gasteiger partial charge in [-0.05, 0) is 43.0 Å². The van der Waals surface area contributed by atoms with Crippen LogP contribution in [0.25, 0.3) is 10.9 Å². The summed E-state index contributed by atoms with van der Waals surface area (Å²) < 4.78 is 0. The Morgan fingerprint density at radius 2 is 2.00 bits per heavy atom. The molecule has 20 heavy (non-hydrogen) atoms. The van der Waals surface area contributed by atoms with E-state index < -0.39 is 0 Å². The smallest absolute Gasteiger partial charge is 0.0705 e. The van der Waals surface area contributed by atoms with Crippen LogP contribution in [0.15, 0.2) is 30.3 Å². The number of aliphatic hydroxyl groups is 1. The number of aryl methyl sites for hydroxylation is 1. The lowest BCUT2D eigenvalue weighted by molar-refractivity contribution is 0.146. The highest BCUT2D eigenvalue weighted by Gasteiger charge is 2.06. The zero-order valence-corrected chi connectivity index (χ0v) is 12.6. The number of hydrogen-bond donors (Lipinski definition) is 2. The Bertz CT molecular complexity index is 566. The van der Waals surface area contributed by atoms with Gasteiger partial charge in [0.2, 0.25) is 0 Å². The lowest BCUT2D eigenvalue weighted by Gasteiger charge is -2.14. The summed E-state index contributed by atoms with van der Waals surface area (Å²) in [5.41, 5.74) is 3.30. The van der Waals surface area contributed by atoms with E-state index in [4.69, 9.17) is 0 Å². The second kappa shape index (κ2) is 6.82. The Kier molecular flexibility index (Phi) is 5.10. The van der Waals surface area contributed by atoms with Gasteiger partial charge in [0.1, 0.15) is 0 Å². The number of fused-ring (bicyclic) bond motifs is 1. The normalized spacial score (nSPS) is 13.1. The molecule has 0 bridgehead atoms. The van der Waals surface area contributed by atoms with Crippen LogP contribution in [0.4, 0.5) is 0 Å². The third-order valence-corrected chi connectivity index (χ3v) is 3.35. The number of benzene rings is 1. The summed E-state index contributed by atoms with van der Waals surface area (Å²) in [6.45, 7) is 7.68. The van der Waals surface area contributed by atoms with E-state index in [1.807, 2.05) is 13.0 Å². The van der Waals surface area contributed by atoms with Crippen molar-refractivity contribution < 1.29 is 5.11 Å². The zero-order chi connectivity index (χ0) is 14.5. The minimum atomic E-state index is -0.264. The van der Waals surface area contributed by atoms with Gasteiger partial charge >= 0.3 is 0 Å². The Labute approximate surface area is 121 Å². The molecule has 3 heteroatoms. The fourth-order valence-electron chi connectivity index (χ4n) is 2.40. The van der Waals surface area contributed by atoms with Crippen LogP contribution in [0.2, 0.25) is 0 Å². The van der Waals surface area contributed by atoms with Gasteiger partial charge in [-0.2, -0.15) is 0 Å². The van der Waals surface area contributed by atoms with Gasteiger partial charge in [-0.15, -0.1) is 0 Å². The molecule has 0 aliphatic heterocycles. The maximum atomic E-state index is 9.83. The van der Waals surface area contributed by atoms with Gasteiger partial charge in [0.25, 0.3) is 0 Å². The van der Waals surface area contributed by atoms with Gasteiger partial charge in [-0.3, -0.25) is 4.98 Å². The van der Waals surface area contributed by atoms with Crippen LogP contribution in [0.3, 0.4) is 0 Å². The highest BCUT2D eigenvalue weighted by molar-refractivity contribution is 5.79. The Morgan fingerprint density at radius 3 is 2.75 bits per heavy atom. The second-order valence-corrected chi connectivity index (χ2v) is 5.89. The van der Waals surface area contributed by atoms with E-state index in [2.05, 4.69) is 48.4 Å². The van der Waals surface area contributed by atoms with E-state index >= 15 is 0 Å². The third-order valence-electron chi connectivity index (χ3n) is 3.35. The van der Waals surface area contributed by atoms with Crippen LogP contribution < -0.4 is 5.32 Å². The molecule has 2 aromatic rings. The quantitative estimate of drug-likeness (QED) is 0.849. The van der Waals surface area contributed by atoms with Crippen LogP contribution in [0.5, 0.6) is 0 Å². The van der Waals surface area contributed by atoms with Crippen LogP contribution in [-0.4, -0.2) is 22.7 Å². The summed E-state index contributed by atoms with van der Waals surface area (Å²) in [7, 11) is 0. The summed E-state index contributed by atoms with van der Waals surface area (Å²) in [6.07, 6.45) is 0.577. The average Bonchev–Trinajstić information content (AvgIpc) is 2.38. The van der Waals surface area contributed by atoms with Crippen molar-refractivity contribution in [3.05, 3.63) is 41.6 Å². The average molecular weight is 272 g/mol. The summed E-state index contributed by atoms with van der Waals surface area (Å²) in [5.74, 6) is 0.529. The maximum absolute atomic E-state index is 9.83. The molecule has 108 valence electrons. The predicted octanol–water partition coefficient (Wildman–Crippen LogP) is 3.04. The molecule has 1 unspecified atom stereocenters. The molecule has 1 aromatic carbocycles. The number of pyridine rings is 1. The first-order valence-corrected chi connectivity index (χ1v) is 7.29. The Balaban J connectivity index is 1.92. The van der Waals surface area contributed by atoms with Crippen LogP contribution >= 0.6 is 0 Å². The molecule has 1 atom stereocenters. The predicted molar refractivity (Wildman–Crippen MR) is 83.6 cm³/mol. The third kappa shape index (κ3) is 4.29. The van der Waals surface area contributed by atoms with E-state index in [0.717, 1.165) is 29.6 Å². The summed E-state index contributed by atoms with van der Waals surface area (Å²) in [5, 5.41) is 14.3. The standard InChI is InChI=1S/C17H24N2O/c1-12(2)8-16(20)11-18-10-14-5-7-17-15(9-14)6-4-13(3)19-17/h4-7,9,12,16,18,20H,8,10-11H2,1-3H3. The first-order valence-electron chi connectivity index (χ1n) is 7.29. The van der Waals surface area contributed by atoms with E-state index in [0.29, 0.717) is 12.5 Å². The number of hydrogen-bond acceptors (Lipinski definition) is 3. The first kappa shape index (κ1) is 14.9. The van der Waals surface area contributed by atoms with E-state index in [1.54, 1.807) is 0 Å². The monoisotopic (exact) mass is 272 g/mol. The molecule has 0 fully saturated rings. The minimum absolute atomic E-state index is 0.264. The Hall–Kier alpha value is -1.45. The SMILES string of the molecule is Cc1ccc2cc(CNCC(O)CC(C)C)ccc2n1. The van der Waals surface area contributed by atoms with Crippen molar-refractivity contribution in [2.75, 3.05) is 6.54 Å². The molecule has 0 radical (unpaired) electrons. The summed E-state index contributed by atoms with van der Waals surface area (Å²) in [6, 6.07) is 10.4. The molecule has 2 rings (SSSR count). The summed E-state index contributed by atoms with van der Waals surface area (Å²) in [4.78, 5) is 4.50.